The highest BCUT2D eigenvalue weighted by atomic mass is 16.6. The molecule has 0 unspecified atom stereocenters. The maximum atomic E-state index is 13.3. The minimum absolute atomic E-state index is 0.0166. The second-order valence-corrected chi connectivity index (χ2v) is 15.8. The first-order valence-electron chi connectivity index (χ1n) is 20.3. The summed E-state index contributed by atoms with van der Waals surface area (Å²) in [6, 6.07) is 3.33. The molecule has 0 radical (unpaired) electrons. The Morgan fingerprint density at radius 1 is 0.885 bits per heavy atom. The lowest BCUT2D eigenvalue weighted by atomic mass is 9.52. The lowest BCUT2D eigenvalue weighted by Gasteiger charge is -2.56. The number of carbonyl (C=O) groups excluding carboxylic acids is 3. The van der Waals surface area contributed by atoms with Crippen molar-refractivity contribution in [3.05, 3.63) is 35.1 Å². The van der Waals surface area contributed by atoms with E-state index >= 15 is 0 Å². The molecule has 1 fully saturated rings. The molecule has 5 rings (SSSR count). The Kier molecular flexibility index (Phi) is 14.1. The third-order valence-electron chi connectivity index (χ3n) is 12.0. The zero-order valence-electron chi connectivity index (χ0n) is 32.1. The molecule has 0 amide bonds. The van der Waals surface area contributed by atoms with Crippen LogP contribution in [-0.4, -0.2) is 76.6 Å². The topological polar surface area (TPSA) is 132 Å². The van der Waals surface area contributed by atoms with Crippen LogP contribution in [0, 0.1) is 0 Å². The molecule has 10 nitrogen and oxygen atoms in total. The molecule has 2 bridgehead atoms. The summed E-state index contributed by atoms with van der Waals surface area (Å²) in [5.74, 6) is -1.56. The number of esters is 3. The SMILES string of the molecule is CCCCCCCCCCCCCCCCCC(=O)O[C@@H](C)C(=O)O[C@@H](C)C(=O)OC1=CC[C@@]2(O)[C@H]3Cc4ccc(O)c5c4[C@@]2(CCCN3C)[C@H]1O5. The molecule has 1 spiro atoms. The van der Waals surface area contributed by atoms with Gasteiger partial charge in [-0.25, -0.2) is 9.59 Å². The van der Waals surface area contributed by atoms with Gasteiger partial charge in [0.25, 0.3) is 0 Å². The van der Waals surface area contributed by atoms with E-state index in [0.717, 1.165) is 36.9 Å². The van der Waals surface area contributed by atoms with Crippen LogP contribution in [0.5, 0.6) is 11.5 Å². The van der Waals surface area contributed by atoms with E-state index < -0.39 is 47.2 Å². The number of hydrogen-bond donors (Lipinski definition) is 2. The monoisotopic (exact) mass is 725 g/mol. The number of hydrogen-bond acceptors (Lipinski definition) is 10. The molecule has 290 valence electrons. The predicted molar refractivity (Wildman–Crippen MR) is 198 cm³/mol. The van der Waals surface area contributed by atoms with E-state index in [1.165, 1.54) is 90.9 Å². The minimum atomic E-state index is -1.28. The van der Waals surface area contributed by atoms with Crippen molar-refractivity contribution < 1.29 is 43.5 Å². The number of carbonyl (C=O) groups is 3. The largest absolute Gasteiger partial charge is 0.504 e. The Morgan fingerprint density at radius 2 is 1.48 bits per heavy atom. The number of likely N-dealkylation sites (N-methyl/N-ethyl adjacent to an activating group) is 1. The third kappa shape index (κ3) is 8.64. The smallest absolute Gasteiger partial charge is 0.352 e. The normalized spacial score (nSPS) is 25.6. The molecule has 1 saturated heterocycles. The summed E-state index contributed by atoms with van der Waals surface area (Å²) in [6.45, 7) is 5.89. The van der Waals surface area contributed by atoms with Gasteiger partial charge in [0.15, 0.2) is 29.8 Å². The van der Waals surface area contributed by atoms with E-state index in [0.29, 0.717) is 25.0 Å². The van der Waals surface area contributed by atoms with Crippen LogP contribution in [0.15, 0.2) is 24.0 Å². The number of rotatable bonds is 21. The van der Waals surface area contributed by atoms with Crippen molar-refractivity contribution in [3.63, 3.8) is 0 Å². The van der Waals surface area contributed by atoms with Crippen molar-refractivity contribution in [2.45, 2.75) is 185 Å². The van der Waals surface area contributed by atoms with Gasteiger partial charge in [0.05, 0.1) is 11.0 Å². The summed E-state index contributed by atoms with van der Waals surface area (Å²) in [6.07, 6.45) is 19.4. The standard InChI is InChI=1S/C42H63NO9/c1-5-6-7-8-9-10-11-12-13-14-15-16-17-18-19-21-35(45)49-29(2)39(46)50-30(3)40(47)51-33-24-26-42(48)34-28-31-22-23-32(44)37-36(31)41(42,38(33)52-37)25-20-27-43(34)4/h22-24,29-30,34,38,44,48H,5-21,25-28H2,1-4H3/t29-,30-,34+,38-,41-,42+/m0/s1. The van der Waals surface area contributed by atoms with Gasteiger partial charge in [-0.2, -0.15) is 0 Å². The van der Waals surface area contributed by atoms with Crippen LogP contribution >= 0.6 is 0 Å². The maximum Gasteiger partial charge on any atom is 0.352 e. The highest BCUT2D eigenvalue weighted by Crippen LogP contribution is 2.65. The van der Waals surface area contributed by atoms with Gasteiger partial charge in [0.1, 0.15) is 5.76 Å². The molecule has 2 heterocycles. The quantitative estimate of drug-likeness (QED) is 0.0738. The van der Waals surface area contributed by atoms with Gasteiger partial charge in [0, 0.05) is 24.4 Å². The number of unbranched alkanes of at least 4 members (excludes halogenated alkanes) is 14. The van der Waals surface area contributed by atoms with Crippen molar-refractivity contribution in [2.24, 2.45) is 0 Å². The van der Waals surface area contributed by atoms with Crippen LogP contribution < -0.4 is 4.74 Å². The molecule has 6 atom stereocenters. The number of benzene rings is 1. The van der Waals surface area contributed by atoms with E-state index in [1.54, 1.807) is 12.1 Å². The molecule has 0 saturated carbocycles. The van der Waals surface area contributed by atoms with Crippen LogP contribution in [0.4, 0.5) is 0 Å². The molecule has 1 aromatic carbocycles. The van der Waals surface area contributed by atoms with Gasteiger partial charge in [-0.15, -0.1) is 0 Å². The summed E-state index contributed by atoms with van der Waals surface area (Å²) < 4.78 is 22.9. The molecule has 2 N–H and O–H groups in total. The predicted octanol–water partition coefficient (Wildman–Crippen LogP) is 7.73. The van der Waals surface area contributed by atoms with E-state index in [1.807, 2.05) is 13.1 Å². The number of phenols is 1. The van der Waals surface area contributed by atoms with Gasteiger partial charge < -0.3 is 34.1 Å². The number of nitrogens with zero attached hydrogens (tertiary/aromatic N) is 1. The van der Waals surface area contributed by atoms with E-state index in [4.69, 9.17) is 18.9 Å². The van der Waals surface area contributed by atoms with Crippen molar-refractivity contribution >= 4 is 17.9 Å². The van der Waals surface area contributed by atoms with Gasteiger partial charge in [-0.1, -0.05) is 103 Å². The maximum absolute atomic E-state index is 13.3. The molecule has 4 aliphatic rings. The summed E-state index contributed by atoms with van der Waals surface area (Å²) in [5.41, 5.74) is -0.303. The van der Waals surface area contributed by atoms with Crippen LogP contribution in [-0.2, 0) is 40.4 Å². The van der Waals surface area contributed by atoms with Crippen molar-refractivity contribution in [2.75, 3.05) is 13.6 Å². The Morgan fingerprint density at radius 3 is 2.12 bits per heavy atom. The second-order valence-electron chi connectivity index (χ2n) is 15.8. The molecule has 1 aromatic rings. The highest BCUT2D eigenvalue weighted by Gasteiger charge is 2.71. The summed E-state index contributed by atoms with van der Waals surface area (Å²) in [7, 11) is 2.02. The Balaban J connectivity index is 1.02. The summed E-state index contributed by atoms with van der Waals surface area (Å²) in [5, 5.41) is 23.2. The lowest BCUT2D eigenvalue weighted by molar-refractivity contribution is -0.177. The summed E-state index contributed by atoms with van der Waals surface area (Å²) in [4.78, 5) is 40.7. The minimum Gasteiger partial charge on any atom is -0.504 e. The Labute approximate surface area is 310 Å². The Hall–Kier alpha value is -3.11. The van der Waals surface area contributed by atoms with E-state index in [2.05, 4.69) is 11.8 Å². The van der Waals surface area contributed by atoms with Crippen molar-refractivity contribution in [1.82, 2.24) is 4.90 Å². The number of ether oxygens (including phenoxy) is 4. The van der Waals surface area contributed by atoms with Crippen LogP contribution in [0.2, 0.25) is 0 Å². The van der Waals surface area contributed by atoms with Gasteiger partial charge >= 0.3 is 17.9 Å². The molecule has 2 aliphatic heterocycles. The van der Waals surface area contributed by atoms with Gasteiger partial charge in [-0.3, -0.25) is 4.79 Å². The van der Waals surface area contributed by atoms with Crippen molar-refractivity contribution in [3.8, 4) is 11.5 Å². The van der Waals surface area contributed by atoms with Crippen molar-refractivity contribution in [1.29, 1.82) is 0 Å². The van der Waals surface area contributed by atoms with Crippen LogP contribution in [0.3, 0.4) is 0 Å². The third-order valence-corrected chi connectivity index (χ3v) is 12.0. The van der Waals surface area contributed by atoms with Crippen LogP contribution in [0.25, 0.3) is 0 Å². The molecule has 2 aliphatic carbocycles. The lowest BCUT2D eigenvalue weighted by Crippen LogP contribution is -2.69. The molecule has 0 aromatic heterocycles. The fraction of sp³-hybridized carbons (Fsp3) is 0.738. The molecular weight excluding hydrogens is 662 g/mol. The summed E-state index contributed by atoms with van der Waals surface area (Å²) >= 11 is 0. The zero-order chi connectivity index (χ0) is 37.3. The zero-order valence-corrected chi connectivity index (χ0v) is 32.1. The van der Waals surface area contributed by atoms with Gasteiger partial charge in [-0.05, 0) is 70.8 Å². The Bertz CT molecular complexity index is 1430. The number of likely N-dealkylation sites (tertiary alicyclic amines) is 1. The first kappa shape index (κ1) is 40.1. The first-order chi connectivity index (χ1) is 25.0. The molecule has 10 heteroatoms. The number of phenolic OH excluding ortho intramolecular Hbond substituents is 1. The second kappa shape index (κ2) is 18.3. The number of aliphatic hydroxyl groups is 1. The molecular formula is C42H63NO9. The van der Waals surface area contributed by atoms with E-state index in [-0.39, 0.29) is 30.4 Å². The highest BCUT2D eigenvalue weighted by molar-refractivity contribution is 5.83. The number of aromatic hydroxyl groups is 1. The average molecular weight is 726 g/mol. The fourth-order valence-electron chi connectivity index (χ4n) is 9.15. The average Bonchev–Trinajstić information content (AvgIpc) is 3.46. The first-order valence-corrected chi connectivity index (χ1v) is 20.3. The van der Waals surface area contributed by atoms with Gasteiger partial charge in [0.2, 0.25) is 0 Å². The van der Waals surface area contributed by atoms with E-state index in [9.17, 15) is 24.6 Å². The molecule has 52 heavy (non-hydrogen) atoms. The fourth-order valence-corrected chi connectivity index (χ4v) is 9.15. The van der Waals surface area contributed by atoms with Crippen LogP contribution in [0.1, 0.15) is 154 Å².